The first-order valence-corrected chi connectivity index (χ1v) is 40.9. The van der Waals surface area contributed by atoms with Crippen molar-refractivity contribution in [2.75, 3.05) is 43.8 Å². The molecule has 10 aliphatic carbocycles. The molecule has 35 nitrogen and oxygen atoms in total. The quantitative estimate of drug-likeness (QED) is 0.0579. The van der Waals surface area contributed by atoms with Crippen molar-refractivity contribution in [3.05, 3.63) is 163 Å². The van der Waals surface area contributed by atoms with Gasteiger partial charge >= 0.3 is 51.4 Å². The second kappa shape index (κ2) is 34.0. The summed E-state index contributed by atoms with van der Waals surface area (Å²) in [7, 11) is 0. The Balaban J connectivity index is 0.000000131. The zero-order valence-corrected chi connectivity index (χ0v) is 70.6. The summed E-state index contributed by atoms with van der Waals surface area (Å²) in [5, 5.41) is 27.9. The first kappa shape index (κ1) is 88.8. The molecule has 10 fully saturated rings. The fourth-order valence-corrected chi connectivity index (χ4v) is 22.6. The number of anilines is 11. The summed E-state index contributed by atoms with van der Waals surface area (Å²) in [4.78, 5) is 158. The van der Waals surface area contributed by atoms with Crippen LogP contribution in [0.25, 0.3) is 0 Å². The minimum Gasteiger partial charge on any atom is -0.870 e. The first-order chi connectivity index (χ1) is 55.3. The molecule has 8 aromatic rings. The average Bonchev–Trinajstić information content (AvgIpc) is 1.55. The topological polar surface area (TPSA) is 510 Å². The van der Waals surface area contributed by atoms with Crippen molar-refractivity contribution in [1.29, 1.82) is 0 Å². The molecule has 6 amide bonds. The van der Waals surface area contributed by atoms with Crippen LogP contribution in [-0.2, 0) is 32.2 Å². The van der Waals surface area contributed by atoms with Crippen LogP contribution in [0, 0.1) is 59.2 Å². The zero-order chi connectivity index (χ0) is 80.1. The molecule has 120 heavy (non-hydrogen) atoms. The number of aromatic nitrogens is 12. The Morgan fingerprint density at radius 1 is 0.350 bits per heavy atom. The number of nitrogens with zero attached hydrogens (tertiary/aromatic N) is 12. The van der Waals surface area contributed by atoms with E-state index in [-0.39, 0.29) is 245 Å². The average molecular weight is 1810 g/mol. The predicted octanol–water partition coefficient (Wildman–Crippen LogP) is 7.89. The van der Waals surface area contributed by atoms with Gasteiger partial charge < -0.3 is 70.5 Å². The zero-order valence-electron chi connectivity index (χ0n) is 62.9. The molecule has 0 radical (unpaired) electrons. The standard InChI is InChI=1S/C21H21ClN6O3.2C17H17ClN6O2.C13H12BrClN2O2.C8H10N4O.3CH4.K.H2O/c22-13-7-14(25-15-8-16(24-9-23-15)26-18(29)10-1-2-10)20(31)28-17(13)19(30)27-21(28)11-3-4-12(21)6-5-11;2*18-10-5-11(22-13-6-12(19)20-7-21-13)16(26)24-14(10)15(25)23-17(24)8-1-2-9(17)4-3-8;14-8-5-9(15)10-11(18)16-13(17(10)12(8)19)6-1-2-7(13)4-3-6;9-6-3-7(11-4-10-6)12-8(13)5-1-2-5;;;;;/h7-12H,1-6H2,(H,27,30)(H2,23,24,25,26,29);2*5-9H,1-4H2,(H,23,25)(H3,19,20,21,22);5-7H,1-4H2,(H,16,18);3-5H,1-2H2,(H3,9,10,11,12,13);3*1H4;;1H2/q;;;;;;;;+1;/p-1. The minimum atomic E-state index is -0.681. The Morgan fingerprint density at radius 2 is 0.575 bits per heavy atom. The second-order valence-electron chi connectivity index (χ2n) is 32.0. The molecule has 22 rings (SSSR count). The van der Waals surface area contributed by atoms with Gasteiger partial charge in [-0.25, -0.2) is 39.9 Å². The number of halogens is 5. The van der Waals surface area contributed by atoms with Crippen LogP contribution in [0.3, 0.4) is 0 Å². The molecular weight excluding hydrogens is 1720 g/mol. The van der Waals surface area contributed by atoms with E-state index in [4.69, 9.17) is 63.6 Å². The summed E-state index contributed by atoms with van der Waals surface area (Å²) in [5.74, 6) is 4.28. The van der Waals surface area contributed by atoms with E-state index in [0.29, 0.717) is 61.9 Å². The third-order valence-electron chi connectivity index (χ3n) is 26.0. The van der Waals surface area contributed by atoms with Gasteiger partial charge in [0, 0.05) is 83.4 Å². The van der Waals surface area contributed by atoms with Gasteiger partial charge in [-0.05, 0) is 169 Å². The fourth-order valence-electron chi connectivity index (χ4n) is 20.9. The Morgan fingerprint density at radius 3 is 0.842 bits per heavy atom. The van der Waals surface area contributed by atoms with Gasteiger partial charge in [-0.2, -0.15) is 0 Å². The summed E-state index contributed by atoms with van der Waals surface area (Å²) < 4.78 is 6.84. The molecule has 4 aliphatic heterocycles. The number of hydrogen-bond donors (Lipinski definition) is 12. The van der Waals surface area contributed by atoms with Gasteiger partial charge in [-0.3, -0.25) is 66.2 Å². The molecule has 0 aromatic carbocycles. The van der Waals surface area contributed by atoms with Crippen LogP contribution in [0.5, 0.6) is 0 Å². The normalized spacial score (nSPS) is 26.7. The van der Waals surface area contributed by atoms with Gasteiger partial charge in [-0.15, -0.1) is 0 Å². The Kier molecular flexibility index (Phi) is 25.2. The summed E-state index contributed by atoms with van der Waals surface area (Å²) >= 11 is 28.7. The van der Waals surface area contributed by atoms with E-state index in [1.807, 2.05) is 0 Å². The number of pyridine rings is 4. The van der Waals surface area contributed by atoms with Crippen LogP contribution >= 0.6 is 62.3 Å². The van der Waals surface area contributed by atoms with Crippen LogP contribution in [0.1, 0.15) is 193 Å². The van der Waals surface area contributed by atoms with Crippen molar-refractivity contribution in [3.63, 3.8) is 0 Å². The number of nitrogen functional groups attached to an aromatic ring is 3. The summed E-state index contributed by atoms with van der Waals surface area (Å²) in [6.45, 7) is 0. The number of carbonyl (C=O) groups excluding carboxylic acids is 6. The van der Waals surface area contributed by atoms with Crippen molar-refractivity contribution in [2.45, 2.75) is 173 Å². The first-order valence-electron chi connectivity index (χ1n) is 38.6. The minimum absolute atomic E-state index is 0. The maximum Gasteiger partial charge on any atom is 1.00 e. The maximum atomic E-state index is 13.5. The van der Waals surface area contributed by atoms with Crippen LogP contribution in [0.15, 0.2) is 97.5 Å². The second-order valence-corrected chi connectivity index (χ2v) is 34.5. The van der Waals surface area contributed by atoms with E-state index in [0.717, 1.165) is 128 Å². The molecule has 628 valence electrons. The van der Waals surface area contributed by atoms with E-state index in [1.165, 1.54) is 61.7 Å². The van der Waals surface area contributed by atoms with Gasteiger partial charge in [0.25, 0.3) is 45.9 Å². The number of nitrogens with two attached hydrogens (primary N) is 3. The molecule has 0 saturated heterocycles. The molecule has 12 heterocycles. The Hall–Kier alpha value is -9.02. The van der Waals surface area contributed by atoms with Gasteiger partial charge in [0.1, 0.15) is 134 Å². The van der Waals surface area contributed by atoms with Gasteiger partial charge in [-0.1, -0.05) is 68.7 Å². The monoisotopic (exact) mass is 1810 g/mol. The van der Waals surface area contributed by atoms with Crippen molar-refractivity contribution in [1.82, 2.24) is 79.4 Å². The van der Waals surface area contributed by atoms with E-state index in [1.54, 1.807) is 30.4 Å². The Labute approximate surface area is 758 Å². The predicted molar refractivity (Wildman–Crippen MR) is 450 cm³/mol. The molecule has 16 N–H and O–H groups in total. The van der Waals surface area contributed by atoms with Gasteiger partial charge in [0.2, 0.25) is 11.8 Å². The maximum absolute atomic E-state index is 13.5. The van der Waals surface area contributed by atoms with Gasteiger partial charge in [0.15, 0.2) is 0 Å². The third kappa shape index (κ3) is 14.8. The van der Waals surface area contributed by atoms with E-state index in [9.17, 15) is 47.9 Å². The molecule has 41 heteroatoms. The number of nitrogens with one attached hydrogen (secondary N) is 9. The number of carbonyl (C=O) groups is 6. The number of rotatable bonds is 10. The van der Waals surface area contributed by atoms with Crippen LogP contribution in [0.4, 0.5) is 63.6 Å². The molecular formula is C79H90BrCl4KN24O11. The Bertz CT molecular complexity index is 5530. The molecule has 0 atom stereocenters. The smallest absolute Gasteiger partial charge is 0.870 e. The number of hydrogen-bond acceptors (Lipinski definition) is 25. The van der Waals surface area contributed by atoms with Crippen molar-refractivity contribution in [3.8, 4) is 0 Å². The summed E-state index contributed by atoms with van der Waals surface area (Å²) in [6.07, 6.45) is 25.3. The molecule has 4 spiro atoms. The van der Waals surface area contributed by atoms with E-state index >= 15 is 0 Å². The molecule has 10 saturated carbocycles. The van der Waals surface area contributed by atoms with Crippen molar-refractivity contribution >= 4 is 161 Å². The molecule has 8 aromatic heterocycles. The number of amides is 6. The third-order valence-corrected chi connectivity index (χ3v) is 27.7. The van der Waals surface area contributed by atoms with E-state index < -0.39 is 22.7 Å². The van der Waals surface area contributed by atoms with Crippen molar-refractivity contribution in [2.24, 2.45) is 59.2 Å². The summed E-state index contributed by atoms with van der Waals surface area (Å²) in [6, 6.07) is 12.1. The van der Waals surface area contributed by atoms with E-state index in [2.05, 4.69) is 104 Å². The van der Waals surface area contributed by atoms with Crippen LogP contribution < -0.4 is 139 Å². The SMILES string of the molecule is C.C.C.Nc1cc(NC(=O)C2CC2)ncn1.Nc1cc(Nc2cc(Cl)c3n(c2=O)C2(NC3=O)C3CCC2CC3)ncn1.Nc1cc(Nc2cc(Cl)c3n(c2=O)C2(NC3=O)C3CCC2CC3)ncn1.O=C1NC2(C3CCC2CC3)n2c1c(Cl)cc(Br)c2=O.O=C1NC2(C3CCC2CC3)n2c1c(Cl)cc(Nc1cc(NC(=O)C3CC3)ncn1)c2=O.[K+].[OH-]. The van der Waals surface area contributed by atoms with Crippen molar-refractivity contribution < 1.29 is 85.6 Å². The fraction of sp³-hybridized carbons (Fsp3) is 0.468. The molecule has 0 unspecified atom stereocenters. The van der Waals surface area contributed by atoms with Crippen LogP contribution in [0.2, 0.25) is 20.1 Å². The molecule has 14 aliphatic rings. The van der Waals surface area contributed by atoms with Crippen LogP contribution in [-0.4, -0.2) is 99.1 Å². The molecule has 8 bridgehead atoms. The largest absolute Gasteiger partial charge is 1.00 e. The summed E-state index contributed by atoms with van der Waals surface area (Å²) in [5.41, 5.74) is 15.1. The van der Waals surface area contributed by atoms with Gasteiger partial charge in [0.05, 0.1) is 24.6 Å². The number of fused-ring (bicyclic) bond motifs is 4.